The molecule has 168 valence electrons. The van der Waals surface area contributed by atoms with Crippen molar-refractivity contribution in [1.82, 2.24) is 5.32 Å². The summed E-state index contributed by atoms with van der Waals surface area (Å²) in [5, 5.41) is 3.01. The van der Waals surface area contributed by atoms with Crippen LogP contribution in [0, 0.1) is 13.8 Å². The third kappa shape index (κ3) is 5.91. The zero-order valence-corrected chi connectivity index (χ0v) is 19.3. The summed E-state index contributed by atoms with van der Waals surface area (Å²) in [6, 6.07) is 11.1. The van der Waals surface area contributed by atoms with Crippen molar-refractivity contribution in [2.24, 2.45) is 0 Å². The average Bonchev–Trinajstić information content (AvgIpc) is 2.71. The Bertz CT molecular complexity index is 1050. The number of anilines is 1. The minimum atomic E-state index is -3.51. The first-order valence-electron chi connectivity index (χ1n) is 10.4. The van der Waals surface area contributed by atoms with E-state index in [-0.39, 0.29) is 24.9 Å². The smallest absolute Gasteiger partial charge is 0.232 e. The summed E-state index contributed by atoms with van der Waals surface area (Å²) in [7, 11) is -3.51. The van der Waals surface area contributed by atoms with Crippen LogP contribution < -0.4 is 19.1 Å². The number of sulfonamides is 1. The molecule has 3 rings (SSSR count). The van der Waals surface area contributed by atoms with E-state index in [9.17, 15) is 13.2 Å². The standard InChI is InChI=1S/C23H30N2O5S/c1-16-7-8-17(2)20(14-16)18(3)24-23(26)6-5-11-25(31(4,27)28)19-9-10-21-22(15-19)30-13-12-29-21/h7-10,14-15,18H,5-6,11-13H2,1-4H3,(H,24,26). The maximum Gasteiger partial charge on any atom is 0.232 e. The third-order valence-corrected chi connectivity index (χ3v) is 6.45. The first-order valence-corrected chi connectivity index (χ1v) is 12.2. The van der Waals surface area contributed by atoms with Gasteiger partial charge in [-0.15, -0.1) is 0 Å². The molecule has 1 aliphatic rings. The highest BCUT2D eigenvalue weighted by molar-refractivity contribution is 7.92. The van der Waals surface area contributed by atoms with E-state index >= 15 is 0 Å². The molecule has 0 aromatic heterocycles. The van der Waals surface area contributed by atoms with Gasteiger partial charge in [0.25, 0.3) is 0 Å². The Labute approximate surface area is 184 Å². The predicted molar refractivity (Wildman–Crippen MR) is 121 cm³/mol. The van der Waals surface area contributed by atoms with Crippen LogP contribution >= 0.6 is 0 Å². The largest absolute Gasteiger partial charge is 0.486 e. The van der Waals surface area contributed by atoms with E-state index in [1.165, 1.54) is 4.31 Å². The van der Waals surface area contributed by atoms with Gasteiger partial charge in [-0.25, -0.2) is 8.42 Å². The molecule has 2 aromatic rings. The quantitative estimate of drug-likeness (QED) is 0.671. The number of benzene rings is 2. The molecule has 0 spiro atoms. The van der Waals surface area contributed by atoms with Gasteiger partial charge in [0, 0.05) is 19.0 Å². The predicted octanol–water partition coefficient (Wildman–Crippen LogP) is 3.50. The monoisotopic (exact) mass is 446 g/mol. The van der Waals surface area contributed by atoms with Gasteiger partial charge in [-0.05, 0) is 50.5 Å². The molecule has 1 aliphatic heterocycles. The van der Waals surface area contributed by atoms with E-state index in [2.05, 4.69) is 11.4 Å². The van der Waals surface area contributed by atoms with Gasteiger partial charge in [0.05, 0.1) is 18.0 Å². The summed E-state index contributed by atoms with van der Waals surface area (Å²) >= 11 is 0. The average molecular weight is 447 g/mol. The first kappa shape index (κ1) is 22.9. The highest BCUT2D eigenvalue weighted by atomic mass is 32.2. The molecule has 1 atom stereocenters. The topological polar surface area (TPSA) is 84.9 Å². The molecule has 0 radical (unpaired) electrons. The summed E-state index contributed by atoms with van der Waals surface area (Å²) in [6.45, 7) is 7.09. The fourth-order valence-electron chi connectivity index (χ4n) is 3.67. The van der Waals surface area contributed by atoms with E-state index in [1.807, 2.05) is 32.9 Å². The number of fused-ring (bicyclic) bond motifs is 1. The second-order valence-corrected chi connectivity index (χ2v) is 9.82. The van der Waals surface area contributed by atoms with Gasteiger partial charge in [-0.1, -0.05) is 23.8 Å². The normalized spacial score (nSPS) is 14.1. The van der Waals surface area contributed by atoms with Gasteiger partial charge in [-0.3, -0.25) is 9.10 Å². The highest BCUT2D eigenvalue weighted by Crippen LogP contribution is 2.34. The van der Waals surface area contributed by atoms with Crippen LogP contribution in [-0.4, -0.2) is 40.3 Å². The van der Waals surface area contributed by atoms with Crippen molar-refractivity contribution in [3.8, 4) is 11.5 Å². The fourth-order valence-corrected chi connectivity index (χ4v) is 4.63. The Balaban J connectivity index is 1.61. The lowest BCUT2D eigenvalue weighted by Gasteiger charge is -2.25. The van der Waals surface area contributed by atoms with Gasteiger partial charge in [0.1, 0.15) is 13.2 Å². The van der Waals surface area contributed by atoms with Crippen LogP contribution in [0.1, 0.15) is 42.5 Å². The minimum absolute atomic E-state index is 0.107. The molecule has 31 heavy (non-hydrogen) atoms. The first-order chi connectivity index (χ1) is 14.6. The molecule has 2 aromatic carbocycles. The van der Waals surface area contributed by atoms with Crippen LogP contribution in [0.2, 0.25) is 0 Å². The Kier molecular flexibility index (Phi) is 7.10. The maximum atomic E-state index is 12.5. The Morgan fingerprint density at radius 3 is 2.52 bits per heavy atom. The van der Waals surface area contributed by atoms with Crippen LogP contribution in [0.15, 0.2) is 36.4 Å². The summed E-state index contributed by atoms with van der Waals surface area (Å²) in [6.07, 6.45) is 1.78. The number of nitrogens with one attached hydrogen (secondary N) is 1. The number of carbonyl (C=O) groups excluding carboxylic acids is 1. The van der Waals surface area contributed by atoms with Crippen LogP contribution in [0.4, 0.5) is 5.69 Å². The van der Waals surface area contributed by atoms with Gasteiger partial charge >= 0.3 is 0 Å². The number of ether oxygens (including phenoxy) is 2. The van der Waals surface area contributed by atoms with Crippen LogP contribution in [0.25, 0.3) is 0 Å². The molecule has 1 unspecified atom stereocenters. The van der Waals surface area contributed by atoms with Crippen LogP contribution in [0.3, 0.4) is 0 Å². The van der Waals surface area contributed by atoms with Gasteiger partial charge < -0.3 is 14.8 Å². The lowest BCUT2D eigenvalue weighted by Crippen LogP contribution is -2.32. The number of amides is 1. The number of nitrogens with zero attached hydrogens (tertiary/aromatic N) is 1. The minimum Gasteiger partial charge on any atom is -0.486 e. The molecule has 0 bridgehead atoms. The summed E-state index contributed by atoms with van der Waals surface area (Å²) in [5.74, 6) is 1.02. The van der Waals surface area contributed by atoms with Crippen molar-refractivity contribution < 1.29 is 22.7 Å². The number of rotatable bonds is 8. The molecule has 0 fully saturated rings. The summed E-state index contributed by atoms with van der Waals surface area (Å²) < 4.78 is 37.1. The molecule has 1 heterocycles. The molecule has 1 N–H and O–H groups in total. The van der Waals surface area contributed by atoms with Crippen molar-refractivity contribution in [3.63, 3.8) is 0 Å². The molecule has 0 saturated heterocycles. The Morgan fingerprint density at radius 1 is 1.10 bits per heavy atom. The van der Waals surface area contributed by atoms with Crippen molar-refractivity contribution in [3.05, 3.63) is 53.1 Å². The van der Waals surface area contributed by atoms with Crippen molar-refractivity contribution in [2.75, 3.05) is 30.3 Å². The van der Waals surface area contributed by atoms with E-state index in [0.29, 0.717) is 36.8 Å². The number of hydrogen-bond acceptors (Lipinski definition) is 5. The zero-order valence-electron chi connectivity index (χ0n) is 18.5. The van der Waals surface area contributed by atoms with Crippen LogP contribution in [-0.2, 0) is 14.8 Å². The van der Waals surface area contributed by atoms with E-state index in [0.717, 1.165) is 22.9 Å². The van der Waals surface area contributed by atoms with Crippen molar-refractivity contribution >= 4 is 21.6 Å². The third-order valence-electron chi connectivity index (χ3n) is 5.26. The fraction of sp³-hybridized carbons (Fsp3) is 0.435. The number of hydrogen-bond donors (Lipinski definition) is 1. The molecular formula is C23H30N2O5S. The Hall–Kier alpha value is -2.74. The highest BCUT2D eigenvalue weighted by Gasteiger charge is 2.21. The van der Waals surface area contributed by atoms with Gasteiger partial charge in [0.15, 0.2) is 11.5 Å². The Morgan fingerprint density at radius 2 is 1.81 bits per heavy atom. The van der Waals surface area contributed by atoms with Crippen LogP contribution in [0.5, 0.6) is 11.5 Å². The number of carbonyl (C=O) groups is 1. The number of aryl methyl sites for hydroxylation is 2. The molecule has 0 aliphatic carbocycles. The van der Waals surface area contributed by atoms with Crippen molar-refractivity contribution in [1.29, 1.82) is 0 Å². The van der Waals surface area contributed by atoms with Crippen molar-refractivity contribution in [2.45, 2.75) is 39.7 Å². The maximum absolute atomic E-state index is 12.5. The van der Waals surface area contributed by atoms with Gasteiger partial charge in [0.2, 0.25) is 15.9 Å². The molecule has 1 amide bonds. The van der Waals surface area contributed by atoms with E-state index in [1.54, 1.807) is 18.2 Å². The molecule has 8 heteroatoms. The second kappa shape index (κ2) is 9.60. The summed E-state index contributed by atoms with van der Waals surface area (Å²) in [4.78, 5) is 12.5. The molecule has 7 nitrogen and oxygen atoms in total. The second-order valence-electron chi connectivity index (χ2n) is 7.92. The SMILES string of the molecule is Cc1ccc(C)c(C(C)NC(=O)CCCN(c2ccc3c(c2)OCCO3)S(C)(=O)=O)c1. The molecular weight excluding hydrogens is 416 g/mol. The van der Waals surface area contributed by atoms with Gasteiger partial charge in [-0.2, -0.15) is 0 Å². The lowest BCUT2D eigenvalue weighted by atomic mass is 10.00. The van der Waals surface area contributed by atoms with E-state index in [4.69, 9.17) is 9.47 Å². The van der Waals surface area contributed by atoms with E-state index < -0.39 is 10.0 Å². The lowest BCUT2D eigenvalue weighted by molar-refractivity contribution is -0.121. The zero-order chi connectivity index (χ0) is 22.6. The summed E-state index contributed by atoms with van der Waals surface area (Å²) in [5.41, 5.74) is 3.85. The molecule has 0 saturated carbocycles.